The van der Waals surface area contributed by atoms with Gasteiger partial charge in [-0.25, -0.2) is 0 Å². The Morgan fingerprint density at radius 3 is 0.828 bits per heavy atom. The SMILES string of the molecule is Cc1ccc([P+](Cc2ccc(C(=O)c3ccc(C[P+](c4ccccc4)(c4ccccc4)c4ccc(C)cc4)cc3)cc2)(c2ccccc2)c2ccccc2)cc1.[Br-].[Br-]. The summed E-state index contributed by atoms with van der Waals surface area (Å²) < 4.78 is 0. The third kappa shape index (κ3) is 8.80. The third-order valence-corrected chi connectivity index (χ3v) is 19.8. The largest absolute Gasteiger partial charge is 1.00 e. The number of benzene rings is 8. The van der Waals surface area contributed by atoms with Crippen LogP contribution in [0.3, 0.4) is 0 Å². The van der Waals surface area contributed by atoms with Gasteiger partial charge >= 0.3 is 0 Å². The molecule has 0 atom stereocenters. The van der Waals surface area contributed by atoms with Gasteiger partial charge in [-0.05, 0) is 97.8 Å². The van der Waals surface area contributed by atoms with E-state index in [9.17, 15) is 4.79 Å². The summed E-state index contributed by atoms with van der Waals surface area (Å²) in [6.45, 7) is 4.29. The molecule has 0 heterocycles. The molecule has 0 saturated heterocycles. The molecule has 0 spiro atoms. The molecule has 288 valence electrons. The van der Waals surface area contributed by atoms with Crippen molar-refractivity contribution in [2.24, 2.45) is 0 Å². The van der Waals surface area contributed by atoms with E-state index >= 15 is 0 Å². The lowest BCUT2D eigenvalue weighted by atomic mass is 10.0. The number of halogens is 2. The third-order valence-electron chi connectivity index (χ3n) is 11.0. The van der Waals surface area contributed by atoms with Crippen LogP contribution in [0.5, 0.6) is 0 Å². The van der Waals surface area contributed by atoms with Crippen LogP contribution in [0.4, 0.5) is 0 Å². The molecule has 0 unspecified atom stereocenters. The highest BCUT2D eigenvalue weighted by Crippen LogP contribution is 2.59. The van der Waals surface area contributed by atoms with Crippen LogP contribution in [0.15, 0.2) is 218 Å². The second kappa shape index (κ2) is 19.3. The smallest absolute Gasteiger partial charge is 0.193 e. The Morgan fingerprint density at radius 1 is 0.328 bits per heavy atom. The number of carbonyl (C=O) groups is 1. The second-order valence-corrected chi connectivity index (χ2v) is 21.6. The van der Waals surface area contributed by atoms with E-state index in [0.717, 1.165) is 12.3 Å². The topological polar surface area (TPSA) is 17.1 Å². The van der Waals surface area contributed by atoms with Gasteiger partial charge in [-0.3, -0.25) is 4.79 Å². The van der Waals surface area contributed by atoms with E-state index < -0.39 is 14.5 Å². The first kappa shape index (κ1) is 42.8. The Kier molecular flexibility index (Phi) is 14.3. The molecule has 0 aromatic heterocycles. The molecule has 5 heteroatoms. The Labute approximate surface area is 366 Å². The number of ketones is 1. The molecule has 58 heavy (non-hydrogen) atoms. The van der Waals surface area contributed by atoms with Gasteiger partial charge in [0.1, 0.15) is 46.4 Å². The summed E-state index contributed by atoms with van der Waals surface area (Å²) in [5.74, 6) is 0.0412. The summed E-state index contributed by atoms with van der Waals surface area (Å²) in [4.78, 5) is 14.0. The molecule has 0 aliphatic carbocycles. The number of rotatable bonds is 12. The zero-order chi connectivity index (χ0) is 38.4. The fraction of sp³-hybridized carbons (Fsp3) is 0.0755. The Morgan fingerprint density at radius 2 is 0.569 bits per heavy atom. The molecular formula is C53H46Br2OP2. The highest BCUT2D eigenvalue weighted by molar-refractivity contribution is 7.95. The van der Waals surface area contributed by atoms with Crippen LogP contribution in [-0.4, -0.2) is 5.78 Å². The maximum Gasteiger partial charge on any atom is 0.193 e. The number of carbonyl (C=O) groups excluding carboxylic acids is 1. The standard InChI is InChI=1S/C53H46OP2.2BrH/c1-41-23-35-51(36-24-41)55(47-15-7-3-8-16-47,48-17-9-4-10-18-48)39-43-27-31-45(32-28-43)53(54)46-33-29-44(30-34-46)40-56(49-19-11-5-12-20-49,50-21-13-6-14-22-50)52-37-25-42(2)26-38-52;;/h3-38H,39-40H2,1-2H3;2*1H/q+2;;/p-2. The van der Waals surface area contributed by atoms with Gasteiger partial charge < -0.3 is 34.0 Å². The van der Waals surface area contributed by atoms with Crippen molar-refractivity contribution in [1.29, 1.82) is 0 Å². The lowest BCUT2D eigenvalue weighted by Gasteiger charge is -2.28. The van der Waals surface area contributed by atoms with Crippen LogP contribution in [0.2, 0.25) is 0 Å². The fourth-order valence-electron chi connectivity index (χ4n) is 8.01. The van der Waals surface area contributed by atoms with E-state index in [1.165, 1.54) is 54.1 Å². The van der Waals surface area contributed by atoms with E-state index in [2.05, 4.69) is 208 Å². The second-order valence-electron chi connectivity index (χ2n) is 14.7. The van der Waals surface area contributed by atoms with E-state index in [1.807, 2.05) is 24.3 Å². The maximum atomic E-state index is 14.0. The minimum atomic E-state index is -2.07. The van der Waals surface area contributed by atoms with Crippen molar-refractivity contribution in [3.05, 3.63) is 252 Å². The molecule has 0 aliphatic heterocycles. The predicted molar refractivity (Wildman–Crippen MR) is 243 cm³/mol. The van der Waals surface area contributed by atoms with Gasteiger partial charge in [0.25, 0.3) is 0 Å². The molecule has 0 bridgehead atoms. The molecule has 0 amide bonds. The Balaban J connectivity index is 0.00000283. The molecule has 0 N–H and O–H groups in total. The highest BCUT2D eigenvalue weighted by Gasteiger charge is 2.46. The van der Waals surface area contributed by atoms with Crippen LogP contribution < -0.4 is 65.8 Å². The Bertz CT molecular complexity index is 2250. The number of aryl methyl sites for hydroxylation is 2. The van der Waals surface area contributed by atoms with Crippen LogP contribution in [0.1, 0.15) is 38.2 Å². The zero-order valence-corrected chi connectivity index (χ0v) is 37.7. The van der Waals surface area contributed by atoms with E-state index in [-0.39, 0.29) is 39.7 Å². The van der Waals surface area contributed by atoms with Crippen molar-refractivity contribution in [1.82, 2.24) is 0 Å². The summed E-state index contributed by atoms with van der Waals surface area (Å²) in [5, 5.41) is 8.11. The summed E-state index contributed by atoms with van der Waals surface area (Å²) in [5.41, 5.74) is 6.35. The van der Waals surface area contributed by atoms with Crippen LogP contribution in [0, 0.1) is 13.8 Å². The number of hydrogen-bond acceptors (Lipinski definition) is 1. The van der Waals surface area contributed by atoms with Gasteiger partial charge in [0.2, 0.25) is 0 Å². The van der Waals surface area contributed by atoms with Gasteiger partial charge in [-0.1, -0.05) is 157 Å². The quantitative estimate of drug-likeness (QED) is 0.130. The van der Waals surface area contributed by atoms with Gasteiger partial charge in [0, 0.05) is 11.1 Å². The van der Waals surface area contributed by atoms with Crippen molar-refractivity contribution >= 4 is 52.1 Å². The molecule has 8 aromatic carbocycles. The minimum Gasteiger partial charge on any atom is -1.00 e. The predicted octanol–water partition coefficient (Wildman–Crippen LogP) is 4.53. The van der Waals surface area contributed by atoms with Crippen molar-refractivity contribution in [3.8, 4) is 0 Å². The van der Waals surface area contributed by atoms with Gasteiger partial charge in [-0.2, -0.15) is 0 Å². The average Bonchev–Trinajstić information content (AvgIpc) is 3.27. The molecule has 0 radical (unpaired) electrons. The Hall–Kier alpha value is -4.75. The summed E-state index contributed by atoms with van der Waals surface area (Å²) in [6, 6.07) is 78.8. The van der Waals surface area contributed by atoms with E-state index in [0.29, 0.717) is 11.1 Å². The molecule has 0 aliphatic rings. The average molecular weight is 921 g/mol. The summed E-state index contributed by atoms with van der Waals surface area (Å²) >= 11 is 0. The van der Waals surface area contributed by atoms with Gasteiger partial charge in [0.15, 0.2) is 5.78 Å². The lowest BCUT2D eigenvalue weighted by molar-refractivity contribution is -0.00100. The van der Waals surface area contributed by atoms with Crippen LogP contribution >= 0.6 is 14.5 Å². The number of hydrogen-bond donors (Lipinski definition) is 0. The molecule has 0 saturated carbocycles. The maximum absolute atomic E-state index is 14.0. The minimum absolute atomic E-state index is 0. The van der Waals surface area contributed by atoms with E-state index in [1.54, 1.807) is 0 Å². The molecule has 0 fully saturated rings. The zero-order valence-electron chi connectivity index (χ0n) is 32.8. The first-order chi connectivity index (χ1) is 27.5. The van der Waals surface area contributed by atoms with Crippen molar-refractivity contribution in [3.63, 3.8) is 0 Å². The first-order valence-electron chi connectivity index (χ1n) is 19.3. The molecular weight excluding hydrogens is 874 g/mol. The van der Waals surface area contributed by atoms with Crippen LogP contribution in [0.25, 0.3) is 0 Å². The van der Waals surface area contributed by atoms with Crippen molar-refractivity contribution in [2.45, 2.75) is 26.2 Å². The van der Waals surface area contributed by atoms with Gasteiger partial charge in [0.05, 0.1) is 12.3 Å². The summed E-state index contributed by atoms with van der Waals surface area (Å²) in [7, 11) is -4.13. The van der Waals surface area contributed by atoms with Crippen LogP contribution in [-0.2, 0) is 12.3 Å². The van der Waals surface area contributed by atoms with E-state index in [4.69, 9.17) is 0 Å². The lowest BCUT2D eigenvalue weighted by Crippen LogP contribution is -3.00. The monoisotopic (exact) mass is 918 g/mol. The highest BCUT2D eigenvalue weighted by atomic mass is 79.9. The van der Waals surface area contributed by atoms with Gasteiger partial charge in [-0.15, -0.1) is 0 Å². The van der Waals surface area contributed by atoms with Crippen molar-refractivity contribution < 1.29 is 38.8 Å². The normalized spacial score (nSPS) is 11.2. The molecule has 1 nitrogen and oxygen atoms in total. The molecule has 8 aromatic rings. The first-order valence-corrected chi connectivity index (χ1v) is 23.3. The van der Waals surface area contributed by atoms with Crippen molar-refractivity contribution in [2.75, 3.05) is 0 Å². The fourth-order valence-corrected chi connectivity index (χ4v) is 16.4. The summed E-state index contributed by atoms with van der Waals surface area (Å²) in [6.07, 6.45) is 1.73. The molecule has 8 rings (SSSR count).